The van der Waals surface area contributed by atoms with Crippen molar-refractivity contribution in [3.8, 4) is 0 Å². The summed E-state index contributed by atoms with van der Waals surface area (Å²) in [7, 11) is 0. The highest BCUT2D eigenvalue weighted by molar-refractivity contribution is 5.86. The Kier molecular flexibility index (Phi) is 80.3. The van der Waals surface area contributed by atoms with Gasteiger partial charge in [-0.05, 0) is 87.0 Å². The predicted molar refractivity (Wildman–Crippen MR) is 259 cm³/mol. The van der Waals surface area contributed by atoms with E-state index in [9.17, 15) is 33.6 Å². The van der Waals surface area contributed by atoms with Crippen LogP contribution in [0.3, 0.4) is 0 Å². The maximum absolute atomic E-state index is 9.60. The van der Waals surface area contributed by atoms with Crippen molar-refractivity contribution in [2.45, 2.75) is 87.0 Å². The molecule has 0 saturated carbocycles. The molecular formula is C46H84O23. The van der Waals surface area contributed by atoms with Crippen LogP contribution in [-0.4, -0.2) is 183 Å². The lowest BCUT2D eigenvalue weighted by Gasteiger charge is -2.07. The fourth-order valence-corrected chi connectivity index (χ4v) is 1.86. The second-order valence-corrected chi connectivity index (χ2v) is 13.9. The van der Waals surface area contributed by atoms with Crippen LogP contribution in [0.2, 0.25) is 0 Å². The molecule has 406 valence electrons. The summed E-state index contributed by atoms with van der Waals surface area (Å²) in [6.45, 7) is 32.7. The molecule has 0 fully saturated rings. The average Bonchev–Trinajstić information content (AvgIpc) is 3.26. The highest BCUT2D eigenvalue weighted by atomic mass is 16.4. The summed E-state index contributed by atoms with van der Waals surface area (Å²) in [6, 6.07) is 0. The second-order valence-electron chi connectivity index (χ2n) is 13.9. The maximum atomic E-state index is 9.60. The van der Waals surface area contributed by atoms with E-state index < -0.39 is 41.8 Å². The van der Waals surface area contributed by atoms with Crippen molar-refractivity contribution in [1.29, 1.82) is 0 Å². The highest BCUT2D eigenvalue weighted by Gasteiger charge is 2.05. The monoisotopic (exact) mass is 1000 g/mol. The zero-order chi connectivity index (χ0) is 57.4. The van der Waals surface area contributed by atoms with Crippen LogP contribution in [0.25, 0.3) is 0 Å². The van der Waals surface area contributed by atoms with Crippen molar-refractivity contribution >= 4 is 41.8 Å². The summed E-state index contributed by atoms with van der Waals surface area (Å²) in [5, 5.41) is 131. The van der Waals surface area contributed by atoms with Gasteiger partial charge in [0.25, 0.3) is 0 Å². The minimum absolute atomic E-state index is 0.0104. The molecule has 69 heavy (non-hydrogen) atoms. The van der Waals surface area contributed by atoms with Crippen LogP contribution in [0.5, 0.6) is 0 Å². The van der Waals surface area contributed by atoms with Gasteiger partial charge in [-0.2, -0.15) is 0 Å². The third kappa shape index (κ3) is 106. The lowest BCUT2D eigenvalue weighted by Crippen LogP contribution is -2.11. The van der Waals surface area contributed by atoms with E-state index in [0.717, 1.165) is 0 Å². The molecule has 0 aliphatic heterocycles. The first-order valence-electron chi connectivity index (χ1n) is 20.2. The van der Waals surface area contributed by atoms with E-state index in [1.165, 1.54) is 48.5 Å². The van der Waals surface area contributed by atoms with Gasteiger partial charge in [0.1, 0.15) is 0 Å². The molecule has 0 bridgehead atoms. The number of aliphatic hydroxyl groups excluding tert-OH is 9. The van der Waals surface area contributed by atoms with Crippen molar-refractivity contribution < 1.29 is 115 Å². The molecule has 0 aliphatic carbocycles. The van der Waals surface area contributed by atoms with Crippen LogP contribution in [-0.2, 0) is 33.6 Å². The first-order chi connectivity index (χ1) is 31.5. The van der Waals surface area contributed by atoms with E-state index in [-0.39, 0.29) is 116 Å². The first-order valence-corrected chi connectivity index (χ1v) is 20.2. The number of hydrogen-bond donors (Lipinski definition) is 16. The zero-order valence-corrected chi connectivity index (χ0v) is 41.3. The van der Waals surface area contributed by atoms with Gasteiger partial charge in [0.15, 0.2) is 0 Å². The average molecular weight is 1010 g/mol. The lowest BCUT2D eigenvalue weighted by molar-refractivity contribution is -0.133. The quantitative estimate of drug-likeness (QED) is 0.0693. The van der Waals surface area contributed by atoms with Crippen LogP contribution >= 0.6 is 0 Å². The Morgan fingerprint density at radius 1 is 0.275 bits per heavy atom. The van der Waals surface area contributed by atoms with Crippen molar-refractivity contribution in [2.75, 3.05) is 59.5 Å². The van der Waals surface area contributed by atoms with Crippen molar-refractivity contribution in [2.24, 2.45) is 17.8 Å². The van der Waals surface area contributed by atoms with E-state index in [1.54, 1.807) is 0 Å². The molecular weight excluding hydrogens is 920 g/mol. The minimum atomic E-state index is -0.935. The topological polar surface area (TPSA) is 443 Å². The third-order valence-electron chi connectivity index (χ3n) is 6.42. The zero-order valence-electron chi connectivity index (χ0n) is 41.3. The predicted octanol–water partition coefficient (Wildman–Crippen LogP) is 2.61. The third-order valence-corrected chi connectivity index (χ3v) is 6.42. The molecule has 0 aromatic rings. The molecule has 0 aromatic heterocycles. The van der Waals surface area contributed by atoms with Crippen molar-refractivity contribution in [3.63, 3.8) is 0 Å². The number of carbonyl (C=O) groups is 7. The van der Waals surface area contributed by atoms with Gasteiger partial charge < -0.3 is 81.7 Å². The molecule has 0 radical (unpaired) electrons. The number of hydrogen-bond acceptors (Lipinski definition) is 16. The van der Waals surface area contributed by atoms with Gasteiger partial charge in [0, 0.05) is 116 Å². The summed E-state index contributed by atoms with van der Waals surface area (Å²) in [6.07, 6.45) is 4.07. The van der Waals surface area contributed by atoms with Crippen molar-refractivity contribution in [3.05, 3.63) is 85.1 Å². The first kappa shape index (κ1) is 86.3. The second kappa shape index (κ2) is 64.2. The molecule has 0 rings (SSSR count). The Morgan fingerprint density at radius 2 is 0.362 bits per heavy atom. The maximum Gasteiger partial charge on any atom is 0.330 e. The van der Waals surface area contributed by atoms with E-state index in [2.05, 4.69) is 46.1 Å². The number of carboxylic acid groups (broad SMARTS) is 7. The smallest absolute Gasteiger partial charge is 0.330 e. The van der Waals surface area contributed by atoms with Gasteiger partial charge in [0.2, 0.25) is 0 Å². The van der Waals surface area contributed by atoms with Gasteiger partial charge in [-0.3, -0.25) is 0 Å². The number of aliphatic hydroxyl groups is 9. The van der Waals surface area contributed by atoms with Crippen LogP contribution in [0, 0.1) is 17.8 Å². The molecule has 0 saturated heterocycles. The van der Waals surface area contributed by atoms with Gasteiger partial charge in [0.05, 0.1) is 0 Å². The SMILES string of the molecule is C=C(C)C(=O)O.C=C(C)C(=O)O.C=C(C)C(=O)O.C=C(C)C(=O)O.C=C(C)C(=O)O.C=C(C)C(=O)O.C=C(C)C(=O)O.OCCCC(CO)CO.OCCCC(CO)CO.OCCCC(CO)CO. The van der Waals surface area contributed by atoms with E-state index in [4.69, 9.17) is 81.7 Å². The summed E-state index contributed by atoms with van der Waals surface area (Å²) in [5.41, 5.74) is 1.23. The van der Waals surface area contributed by atoms with Gasteiger partial charge >= 0.3 is 41.8 Å². The lowest BCUT2D eigenvalue weighted by atomic mass is 10.1. The molecule has 0 amide bonds. The highest BCUT2D eigenvalue weighted by Crippen LogP contribution is 2.04. The van der Waals surface area contributed by atoms with Crippen LogP contribution in [0.1, 0.15) is 87.0 Å². The van der Waals surface area contributed by atoms with Gasteiger partial charge in [-0.15, -0.1) is 0 Å². The van der Waals surface area contributed by atoms with Gasteiger partial charge in [-0.1, -0.05) is 46.1 Å². The molecule has 0 heterocycles. The Balaban J connectivity index is -0.0000000705. The van der Waals surface area contributed by atoms with Crippen molar-refractivity contribution in [1.82, 2.24) is 0 Å². The normalized spacial score (nSPS) is 8.74. The van der Waals surface area contributed by atoms with Crippen LogP contribution in [0.4, 0.5) is 0 Å². The molecule has 0 unspecified atom stereocenters. The molecule has 0 spiro atoms. The Morgan fingerprint density at radius 3 is 0.406 bits per heavy atom. The molecule has 0 aliphatic rings. The van der Waals surface area contributed by atoms with Gasteiger partial charge in [-0.25, -0.2) is 33.6 Å². The number of rotatable bonds is 22. The number of carboxylic acids is 7. The van der Waals surface area contributed by atoms with Crippen LogP contribution < -0.4 is 0 Å². The van der Waals surface area contributed by atoms with E-state index in [1.807, 2.05) is 0 Å². The Hall–Kier alpha value is -5.89. The fraction of sp³-hybridized carbons (Fsp3) is 0.543. The standard InChI is InChI=1S/3C6H14O3.7C4H6O2/c3*7-3-1-2-6(4-8)5-9;7*1-3(2)4(5)6/h3*6-9H,1-5H2;7*1H2,2H3,(H,5,6). The largest absolute Gasteiger partial charge is 0.478 e. The minimum Gasteiger partial charge on any atom is -0.478 e. The van der Waals surface area contributed by atoms with E-state index >= 15 is 0 Å². The van der Waals surface area contributed by atoms with E-state index in [0.29, 0.717) is 38.5 Å². The summed E-state index contributed by atoms with van der Waals surface area (Å²) >= 11 is 0. The van der Waals surface area contributed by atoms with Crippen LogP contribution in [0.15, 0.2) is 85.1 Å². The Labute approximate surface area is 405 Å². The molecule has 23 nitrogen and oxygen atoms in total. The summed E-state index contributed by atoms with van der Waals surface area (Å²) in [4.78, 5) is 67.2. The number of aliphatic carboxylic acids is 7. The molecule has 16 N–H and O–H groups in total. The summed E-state index contributed by atoms with van der Waals surface area (Å²) in [5.74, 6) is -6.68. The summed E-state index contributed by atoms with van der Waals surface area (Å²) < 4.78 is 0. The fourth-order valence-electron chi connectivity index (χ4n) is 1.86. The molecule has 0 aromatic carbocycles. The molecule has 23 heteroatoms. The molecule has 0 atom stereocenters. The Bertz CT molecular complexity index is 1100.